The predicted octanol–water partition coefficient (Wildman–Crippen LogP) is 2.95. The number of nitrogens with zero attached hydrogens (tertiary/aromatic N) is 1. The van der Waals surface area contributed by atoms with Crippen molar-refractivity contribution in [3.8, 4) is 0 Å². The molecule has 4 heteroatoms. The average Bonchev–Trinajstić information content (AvgIpc) is 2.63. The molecule has 88 valence electrons. The van der Waals surface area contributed by atoms with Crippen molar-refractivity contribution < 1.29 is 5.11 Å². The maximum Gasteiger partial charge on any atom is 0.0587 e. The third-order valence-corrected chi connectivity index (χ3v) is 3.45. The van der Waals surface area contributed by atoms with Gasteiger partial charge in [-0.1, -0.05) is 23.2 Å². The lowest BCUT2D eigenvalue weighted by molar-refractivity contribution is 0.153. The first-order chi connectivity index (χ1) is 7.69. The van der Waals surface area contributed by atoms with Gasteiger partial charge in [0.25, 0.3) is 0 Å². The lowest BCUT2D eigenvalue weighted by Gasteiger charge is -2.22. The van der Waals surface area contributed by atoms with Crippen molar-refractivity contribution in [2.75, 3.05) is 13.2 Å². The van der Waals surface area contributed by atoms with Gasteiger partial charge in [-0.05, 0) is 43.1 Å². The summed E-state index contributed by atoms with van der Waals surface area (Å²) in [5, 5.41) is 10.6. The molecular formula is C12H15Cl2NO. The van der Waals surface area contributed by atoms with Gasteiger partial charge in [-0.15, -0.1) is 0 Å². The fraction of sp³-hybridized carbons (Fsp3) is 0.500. The van der Waals surface area contributed by atoms with Gasteiger partial charge >= 0.3 is 0 Å². The fourth-order valence-corrected chi connectivity index (χ4v) is 2.82. The fourth-order valence-electron chi connectivity index (χ4n) is 2.25. The van der Waals surface area contributed by atoms with Gasteiger partial charge in [-0.2, -0.15) is 0 Å². The van der Waals surface area contributed by atoms with Crippen LogP contribution in [0.25, 0.3) is 0 Å². The molecule has 1 atom stereocenters. The quantitative estimate of drug-likeness (QED) is 0.903. The molecule has 1 aliphatic rings. The molecule has 1 N–H and O–H groups in total. The molecule has 0 spiro atoms. The Hall–Kier alpha value is -0.280. The molecule has 1 saturated heterocycles. The summed E-state index contributed by atoms with van der Waals surface area (Å²) in [7, 11) is 0. The van der Waals surface area contributed by atoms with E-state index in [4.69, 9.17) is 23.2 Å². The van der Waals surface area contributed by atoms with Crippen LogP contribution in [0.5, 0.6) is 0 Å². The first-order valence-corrected chi connectivity index (χ1v) is 6.24. The van der Waals surface area contributed by atoms with Crippen molar-refractivity contribution in [2.45, 2.75) is 25.4 Å². The Balaban J connectivity index is 2.08. The minimum Gasteiger partial charge on any atom is -0.395 e. The highest BCUT2D eigenvalue weighted by Gasteiger charge is 2.23. The number of halogens is 2. The molecule has 2 rings (SSSR count). The summed E-state index contributed by atoms with van der Waals surface area (Å²) in [6.45, 7) is 2.08. The largest absolute Gasteiger partial charge is 0.395 e. The molecule has 16 heavy (non-hydrogen) atoms. The van der Waals surface area contributed by atoms with Crippen molar-refractivity contribution in [2.24, 2.45) is 0 Å². The highest BCUT2D eigenvalue weighted by molar-refractivity contribution is 6.34. The SMILES string of the molecule is OCC1CCCN1Cc1cc(Cl)cc(Cl)c1. The van der Waals surface area contributed by atoms with Gasteiger partial charge in [0.2, 0.25) is 0 Å². The summed E-state index contributed by atoms with van der Waals surface area (Å²) < 4.78 is 0. The van der Waals surface area contributed by atoms with Gasteiger partial charge < -0.3 is 5.11 Å². The molecule has 0 bridgehead atoms. The van der Waals surface area contributed by atoms with Gasteiger partial charge in [0.1, 0.15) is 0 Å². The molecule has 0 aromatic heterocycles. The number of rotatable bonds is 3. The Morgan fingerprint density at radius 2 is 1.94 bits per heavy atom. The van der Waals surface area contributed by atoms with E-state index in [1.54, 1.807) is 6.07 Å². The van der Waals surface area contributed by atoms with Crippen LogP contribution in [0.15, 0.2) is 18.2 Å². The molecular weight excluding hydrogens is 245 g/mol. The molecule has 0 aliphatic carbocycles. The Morgan fingerprint density at radius 1 is 1.25 bits per heavy atom. The third kappa shape index (κ3) is 2.89. The second kappa shape index (κ2) is 5.37. The second-order valence-corrected chi connectivity index (χ2v) is 5.10. The standard InChI is InChI=1S/C12H15Cl2NO/c13-10-4-9(5-11(14)6-10)7-15-3-1-2-12(15)8-16/h4-6,12,16H,1-3,7-8H2. The lowest BCUT2D eigenvalue weighted by atomic mass is 10.2. The van der Waals surface area contributed by atoms with E-state index < -0.39 is 0 Å². The number of benzene rings is 1. The summed E-state index contributed by atoms with van der Waals surface area (Å²) in [5.41, 5.74) is 1.11. The molecule has 2 nitrogen and oxygen atoms in total. The molecule has 1 aromatic rings. The van der Waals surface area contributed by atoms with E-state index in [2.05, 4.69) is 4.90 Å². The Kier molecular flexibility index (Phi) is 4.09. The number of aliphatic hydroxyl groups is 1. The number of hydrogen-bond acceptors (Lipinski definition) is 2. The molecule has 1 unspecified atom stereocenters. The van der Waals surface area contributed by atoms with E-state index >= 15 is 0 Å². The van der Waals surface area contributed by atoms with Crippen molar-refractivity contribution in [1.29, 1.82) is 0 Å². The van der Waals surface area contributed by atoms with Crippen LogP contribution in [0.4, 0.5) is 0 Å². The summed E-state index contributed by atoms with van der Waals surface area (Å²) in [6.07, 6.45) is 2.23. The summed E-state index contributed by atoms with van der Waals surface area (Å²) >= 11 is 11.9. The highest BCUT2D eigenvalue weighted by atomic mass is 35.5. The van der Waals surface area contributed by atoms with E-state index in [1.165, 1.54) is 0 Å². The highest BCUT2D eigenvalue weighted by Crippen LogP contribution is 2.23. The van der Waals surface area contributed by atoms with Gasteiger partial charge in [0.05, 0.1) is 6.61 Å². The minimum atomic E-state index is 0.230. The Bertz CT molecular complexity index is 350. The van der Waals surface area contributed by atoms with Crippen molar-refractivity contribution in [1.82, 2.24) is 4.90 Å². The van der Waals surface area contributed by atoms with Crippen LogP contribution in [0.3, 0.4) is 0 Å². The summed E-state index contributed by atoms with van der Waals surface area (Å²) in [4.78, 5) is 2.28. The number of hydrogen-bond donors (Lipinski definition) is 1. The molecule has 0 saturated carbocycles. The van der Waals surface area contributed by atoms with Crippen LogP contribution >= 0.6 is 23.2 Å². The van der Waals surface area contributed by atoms with Crippen molar-refractivity contribution in [3.05, 3.63) is 33.8 Å². The maximum atomic E-state index is 9.23. The van der Waals surface area contributed by atoms with Crippen LogP contribution in [0.1, 0.15) is 18.4 Å². The van der Waals surface area contributed by atoms with Gasteiger partial charge in [-0.3, -0.25) is 4.90 Å². The van der Waals surface area contributed by atoms with E-state index in [0.29, 0.717) is 10.0 Å². The second-order valence-electron chi connectivity index (χ2n) is 4.23. The molecule has 1 fully saturated rings. The van der Waals surface area contributed by atoms with Gasteiger partial charge in [0, 0.05) is 22.6 Å². The van der Waals surface area contributed by atoms with Crippen LogP contribution in [0, 0.1) is 0 Å². The normalized spacial score (nSPS) is 21.6. The van der Waals surface area contributed by atoms with E-state index in [0.717, 1.165) is 31.5 Å². The van der Waals surface area contributed by atoms with E-state index in [9.17, 15) is 5.11 Å². The zero-order valence-electron chi connectivity index (χ0n) is 9.00. The average molecular weight is 260 g/mol. The molecule has 0 radical (unpaired) electrons. The molecule has 1 aliphatic heterocycles. The number of likely N-dealkylation sites (tertiary alicyclic amines) is 1. The van der Waals surface area contributed by atoms with Gasteiger partial charge in [-0.25, -0.2) is 0 Å². The summed E-state index contributed by atoms with van der Waals surface area (Å²) in [5.74, 6) is 0. The minimum absolute atomic E-state index is 0.230. The Morgan fingerprint density at radius 3 is 2.56 bits per heavy atom. The predicted molar refractivity (Wildman–Crippen MR) is 67.0 cm³/mol. The lowest BCUT2D eigenvalue weighted by Crippen LogP contribution is -2.31. The first kappa shape index (κ1) is 12.2. The van der Waals surface area contributed by atoms with Crippen molar-refractivity contribution in [3.63, 3.8) is 0 Å². The maximum absolute atomic E-state index is 9.23. The summed E-state index contributed by atoms with van der Waals surface area (Å²) in [6, 6.07) is 5.89. The Labute approximate surface area is 106 Å². The van der Waals surface area contributed by atoms with Crippen LogP contribution in [0.2, 0.25) is 10.0 Å². The van der Waals surface area contributed by atoms with Crippen LogP contribution in [-0.2, 0) is 6.54 Å². The van der Waals surface area contributed by atoms with E-state index in [1.807, 2.05) is 12.1 Å². The first-order valence-electron chi connectivity index (χ1n) is 5.49. The molecule has 1 heterocycles. The van der Waals surface area contributed by atoms with Crippen molar-refractivity contribution >= 4 is 23.2 Å². The van der Waals surface area contributed by atoms with Crippen LogP contribution in [-0.4, -0.2) is 29.2 Å². The number of aliphatic hydroxyl groups excluding tert-OH is 1. The van der Waals surface area contributed by atoms with Crippen LogP contribution < -0.4 is 0 Å². The third-order valence-electron chi connectivity index (χ3n) is 3.02. The topological polar surface area (TPSA) is 23.5 Å². The van der Waals surface area contributed by atoms with E-state index in [-0.39, 0.29) is 12.6 Å². The smallest absolute Gasteiger partial charge is 0.0587 e. The zero-order valence-corrected chi connectivity index (χ0v) is 10.5. The molecule has 0 amide bonds. The zero-order chi connectivity index (χ0) is 11.5. The molecule has 1 aromatic carbocycles. The van der Waals surface area contributed by atoms with Gasteiger partial charge in [0.15, 0.2) is 0 Å². The monoisotopic (exact) mass is 259 g/mol.